The molecule has 0 bridgehead atoms. The Morgan fingerprint density at radius 3 is 3.05 bits per heavy atom. The first-order valence-corrected chi connectivity index (χ1v) is 7.99. The van der Waals surface area contributed by atoms with Crippen LogP contribution < -0.4 is 10.2 Å². The second-order valence-corrected chi connectivity index (χ2v) is 5.77. The molecule has 0 fully saturated rings. The standard InChI is InChI=1S/C15H20N2O3S/c1-20-10-4-8-16-14(18)7-9-17-12-5-2-3-6-13(12)21-11-15(17)19/h2-3,5-6H,4,7-11H2,1H3,(H,16,18). The zero-order valence-corrected chi connectivity index (χ0v) is 12.9. The summed E-state index contributed by atoms with van der Waals surface area (Å²) in [5, 5.41) is 2.83. The van der Waals surface area contributed by atoms with Crippen LogP contribution in [0.3, 0.4) is 0 Å². The van der Waals surface area contributed by atoms with Crippen molar-refractivity contribution < 1.29 is 14.3 Å². The molecular formula is C15H20N2O3S. The number of carbonyl (C=O) groups excluding carboxylic acids is 2. The largest absolute Gasteiger partial charge is 0.385 e. The van der Waals surface area contributed by atoms with Crippen LogP contribution in [0.2, 0.25) is 0 Å². The van der Waals surface area contributed by atoms with E-state index in [0.717, 1.165) is 17.0 Å². The first-order chi connectivity index (χ1) is 10.2. The molecule has 114 valence electrons. The SMILES string of the molecule is COCCCNC(=O)CCN1C(=O)CSc2ccccc21. The third-order valence-corrected chi connectivity index (χ3v) is 4.27. The summed E-state index contributed by atoms with van der Waals surface area (Å²) in [7, 11) is 1.64. The first-order valence-electron chi connectivity index (χ1n) is 7.00. The van der Waals surface area contributed by atoms with Gasteiger partial charge in [0.15, 0.2) is 0 Å². The number of benzene rings is 1. The smallest absolute Gasteiger partial charge is 0.237 e. The number of hydrogen-bond donors (Lipinski definition) is 1. The van der Waals surface area contributed by atoms with E-state index in [-0.39, 0.29) is 11.8 Å². The van der Waals surface area contributed by atoms with Gasteiger partial charge in [0.25, 0.3) is 0 Å². The van der Waals surface area contributed by atoms with Crippen molar-refractivity contribution in [3.8, 4) is 0 Å². The second-order valence-electron chi connectivity index (χ2n) is 4.75. The summed E-state index contributed by atoms with van der Waals surface area (Å²) in [6.07, 6.45) is 1.11. The lowest BCUT2D eigenvalue weighted by atomic mass is 10.2. The maximum absolute atomic E-state index is 12.0. The number of amides is 2. The zero-order chi connectivity index (χ0) is 15.1. The molecule has 1 aliphatic heterocycles. The van der Waals surface area contributed by atoms with Gasteiger partial charge in [-0.2, -0.15) is 0 Å². The fraction of sp³-hybridized carbons (Fsp3) is 0.467. The predicted octanol–water partition coefficient (Wildman–Crippen LogP) is 1.67. The van der Waals surface area contributed by atoms with Gasteiger partial charge in [-0.25, -0.2) is 0 Å². The third-order valence-electron chi connectivity index (χ3n) is 3.22. The minimum atomic E-state index is -0.0328. The molecule has 2 amide bonds. The van der Waals surface area contributed by atoms with Gasteiger partial charge in [0.05, 0.1) is 11.4 Å². The van der Waals surface area contributed by atoms with Gasteiger partial charge in [-0.05, 0) is 18.6 Å². The molecule has 0 radical (unpaired) electrons. The molecule has 1 aromatic rings. The number of anilines is 1. The van der Waals surface area contributed by atoms with Gasteiger partial charge in [0.2, 0.25) is 11.8 Å². The highest BCUT2D eigenvalue weighted by atomic mass is 32.2. The van der Waals surface area contributed by atoms with E-state index in [2.05, 4.69) is 5.32 Å². The topological polar surface area (TPSA) is 58.6 Å². The Kier molecular flexibility index (Phi) is 6.07. The Morgan fingerprint density at radius 1 is 1.43 bits per heavy atom. The van der Waals surface area contributed by atoms with Crippen LogP contribution in [-0.2, 0) is 14.3 Å². The molecule has 1 heterocycles. The molecule has 1 N–H and O–H groups in total. The summed E-state index contributed by atoms with van der Waals surface area (Å²) in [6, 6.07) is 7.80. The predicted molar refractivity (Wildman–Crippen MR) is 83.6 cm³/mol. The van der Waals surface area contributed by atoms with Crippen molar-refractivity contribution in [2.45, 2.75) is 17.7 Å². The van der Waals surface area contributed by atoms with Crippen molar-refractivity contribution in [3.05, 3.63) is 24.3 Å². The molecular weight excluding hydrogens is 288 g/mol. The molecule has 1 aliphatic rings. The van der Waals surface area contributed by atoms with Crippen LogP contribution in [0.25, 0.3) is 0 Å². The number of fused-ring (bicyclic) bond motifs is 1. The lowest BCUT2D eigenvalue weighted by Crippen LogP contribution is -2.38. The molecule has 0 atom stereocenters. The highest BCUT2D eigenvalue weighted by Gasteiger charge is 2.24. The van der Waals surface area contributed by atoms with Crippen molar-refractivity contribution in [2.75, 3.05) is 37.5 Å². The molecule has 0 spiro atoms. The normalized spacial score (nSPS) is 14.0. The van der Waals surface area contributed by atoms with Crippen LogP contribution in [0.1, 0.15) is 12.8 Å². The number of hydrogen-bond acceptors (Lipinski definition) is 4. The molecule has 0 aromatic heterocycles. The van der Waals surface area contributed by atoms with Crippen molar-refractivity contribution >= 4 is 29.3 Å². The number of para-hydroxylation sites is 1. The van der Waals surface area contributed by atoms with Gasteiger partial charge >= 0.3 is 0 Å². The van der Waals surface area contributed by atoms with Crippen LogP contribution in [0.5, 0.6) is 0 Å². The maximum atomic E-state index is 12.0. The molecule has 21 heavy (non-hydrogen) atoms. The number of nitrogens with one attached hydrogen (secondary N) is 1. The molecule has 0 unspecified atom stereocenters. The van der Waals surface area contributed by atoms with Crippen molar-refractivity contribution in [1.82, 2.24) is 5.32 Å². The van der Waals surface area contributed by atoms with Gasteiger partial charge in [0, 0.05) is 38.1 Å². The van der Waals surface area contributed by atoms with Crippen LogP contribution >= 0.6 is 11.8 Å². The van der Waals surface area contributed by atoms with Gasteiger partial charge in [0.1, 0.15) is 0 Å². The average Bonchev–Trinajstić information content (AvgIpc) is 2.50. The van der Waals surface area contributed by atoms with Crippen LogP contribution in [0.15, 0.2) is 29.2 Å². The third kappa shape index (κ3) is 4.47. The Labute approximate surface area is 129 Å². The number of methoxy groups -OCH3 is 1. The molecule has 0 saturated carbocycles. The number of carbonyl (C=O) groups is 2. The van der Waals surface area contributed by atoms with E-state index in [9.17, 15) is 9.59 Å². The zero-order valence-electron chi connectivity index (χ0n) is 12.1. The Hall–Kier alpha value is -1.53. The summed E-state index contributed by atoms with van der Waals surface area (Å²) in [5.74, 6) is 0.465. The lowest BCUT2D eigenvalue weighted by Gasteiger charge is -2.28. The average molecular weight is 308 g/mol. The number of thioether (sulfide) groups is 1. The summed E-state index contributed by atoms with van der Waals surface area (Å²) in [5.41, 5.74) is 0.908. The van der Waals surface area contributed by atoms with E-state index in [4.69, 9.17) is 4.74 Å². The summed E-state index contributed by atoms with van der Waals surface area (Å²) in [6.45, 7) is 1.66. The van der Waals surface area contributed by atoms with Crippen LogP contribution in [0.4, 0.5) is 5.69 Å². The lowest BCUT2D eigenvalue weighted by molar-refractivity contribution is -0.121. The molecule has 0 saturated heterocycles. The maximum Gasteiger partial charge on any atom is 0.237 e. The number of rotatable bonds is 7. The van der Waals surface area contributed by atoms with Gasteiger partial charge in [-0.3, -0.25) is 9.59 Å². The minimum absolute atomic E-state index is 0.0328. The van der Waals surface area contributed by atoms with Gasteiger partial charge in [-0.15, -0.1) is 11.8 Å². The first kappa shape index (κ1) is 15.9. The van der Waals surface area contributed by atoms with Crippen LogP contribution in [0, 0.1) is 0 Å². The minimum Gasteiger partial charge on any atom is -0.385 e. The summed E-state index contributed by atoms with van der Waals surface area (Å²) < 4.78 is 4.93. The molecule has 2 rings (SSSR count). The fourth-order valence-electron chi connectivity index (χ4n) is 2.15. The van der Waals surface area contributed by atoms with E-state index in [1.165, 1.54) is 0 Å². The van der Waals surface area contributed by atoms with E-state index >= 15 is 0 Å². The van der Waals surface area contributed by atoms with Crippen molar-refractivity contribution in [1.29, 1.82) is 0 Å². The Balaban J connectivity index is 1.85. The molecule has 6 heteroatoms. The number of ether oxygens (including phenoxy) is 1. The van der Waals surface area contributed by atoms with Crippen molar-refractivity contribution in [2.24, 2.45) is 0 Å². The quantitative estimate of drug-likeness (QED) is 0.779. The van der Waals surface area contributed by atoms with Crippen molar-refractivity contribution in [3.63, 3.8) is 0 Å². The number of nitrogens with zero attached hydrogens (tertiary/aromatic N) is 1. The molecule has 5 nitrogen and oxygen atoms in total. The second kappa shape index (κ2) is 8.05. The molecule has 1 aromatic carbocycles. The van der Waals surface area contributed by atoms with Crippen LogP contribution in [-0.4, -0.2) is 44.4 Å². The van der Waals surface area contributed by atoms with E-state index < -0.39 is 0 Å². The summed E-state index contributed by atoms with van der Waals surface area (Å²) in [4.78, 5) is 26.6. The highest BCUT2D eigenvalue weighted by molar-refractivity contribution is 8.00. The molecule has 0 aliphatic carbocycles. The monoisotopic (exact) mass is 308 g/mol. The van der Waals surface area contributed by atoms with E-state index in [1.807, 2.05) is 24.3 Å². The highest BCUT2D eigenvalue weighted by Crippen LogP contribution is 2.34. The Bertz CT molecular complexity index is 507. The van der Waals surface area contributed by atoms with E-state index in [1.54, 1.807) is 23.8 Å². The van der Waals surface area contributed by atoms with Gasteiger partial charge < -0.3 is 15.0 Å². The van der Waals surface area contributed by atoms with E-state index in [0.29, 0.717) is 31.9 Å². The Morgan fingerprint density at radius 2 is 2.24 bits per heavy atom. The van der Waals surface area contributed by atoms with Gasteiger partial charge in [-0.1, -0.05) is 12.1 Å². The summed E-state index contributed by atoms with van der Waals surface area (Å²) >= 11 is 1.55. The fourth-order valence-corrected chi connectivity index (χ4v) is 3.08.